The number of nitrogens with zero attached hydrogens (tertiary/aromatic N) is 3. The molecule has 0 spiro atoms. The molecule has 1 aromatic heterocycles. The van der Waals surface area contributed by atoms with Crippen LogP contribution in [0, 0.1) is 17.1 Å². The van der Waals surface area contributed by atoms with Gasteiger partial charge in [-0.25, -0.2) is 9.37 Å². The molecule has 4 heteroatoms. The molecular formula is C10H8FN3. The number of hydrogen-bond acceptors (Lipinski definition) is 2. The number of hydrogen-bond donors (Lipinski definition) is 0. The predicted molar refractivity (Wildman–Crippen MR) is 50.0 cm³/mol. The van der Waals surface area contributed by atoms with Gasteiger partial charge in [0, 0.05) is 13.1 Å². The number of halogens is 1. The van der Waals surface area contributed by atoms with E-state index in [9.17, 15) is 4.39 Å². The van der Waals surface area contributed by atoms with Crippen molar-refractivity contribution in [1.82, 2.24) is 9.55 Å². The van der Waals surface area contributed by atoms with E-state index in [4.69, 9.17) is 5.26 Å². The largest absolute Gasteiger partial charge is 0.330 e. The van der Waals surface area contributed by atoms with Gasteiger partial charge < -0.3 is 4.57 Å². The minimum atomic E-state index is -0.306. The maximum Gasteiger partial charge on any atom is 0.125 e. The lowest BCUT2D eigenvalue weighted by molar-refractivity contribution is 0.629. The maximum atomic E-state index is 12.8. The Balaban J connectivity index is 2.68. The Bertz CT molecular complexity index is 522. The van der Waals surface area contributed by atoms with Crippen LogP contribution in [0.4, 0.5) is 4.39 Å². The van der Waals surface area contributed by atoms with Crippen LogP contribution in [0.25, 0.3) is 11.0 Å². The summed E-state index contributed by atoms with van der Waals surface area (Å²) in [4.78, 5) is 4.16. The molecule has 0 aliphatic carbocycles. The molecule has 0 unspecified atom stereocenters. The Kier molecular flexibility index (Phi) is 1.93. The first kappa shape index (κ1) is 8.70. The number of aromatic nitrogens is 2. The molecule has 0 saturated heterocycles. The van der Waals surface area contributed by atoms with Crippen LogP contribution < -0.4 is 0 Å². The van der Waals surface area contributed by atoms with E-state index >= 15 is 0 Å². The van der Waals surface area contributed by atoms with Gasteiger partial charge in [0.25, 0.3) is 0 Å². The van der Waals surface area contributed by atoms with Gasteiger partial charge in [-0.1, -0.05) is 0 Å². The molecule has 0 N–H and O–H groups in total. The van der Waals surface area contributed by atoms with Crippen molar-refractivity contribution in [1.29, 1.82) is 5.26 Å². The highest BCUT2D eigenvalue weighted by Gasteiger charge is 2.07. The van der Waals surface area contributed by atoms with Gasteiger partial charge in [-0.15, -0.1) is 0 Å². The van der Waals surface area contributed by atoms with Crippen molar-refractivity contribution in [2.75, 3.05) is 0 Å². The summed E-state index contributed by atoms with van der Waals surface area (Å²) in [7, 11) is 1.82. The van der Waals surface area contributed by atoms with Crippen LogP contribution in [-0.4, -0.2) is 9.55 Å². The molecule has 2 rings (SSSR count). The Morgan fingerprint density at radius 1 is 1.57 bits per heavy atom. The Labute approximate surface area is 80.4 Å². The second kappa shape index (κ2) is 3.11. The average Bonchev–Trinajstić information content (AvgIpc) is 2.44. The number of nitriles is 1. The molecule has 0 atom stereocenters. The highest BCUT2D eigenvalue weighted by atomic mass is 19.1. The fourth-order valence-corrected chi connectivity index (χ4v) is 1.45. The lowest BCUT2D eigenvalue weighted by Gasteiger charge is -1.96. The first-order valence-electron chi connectivity index (χ1n) is 4.20. The summed E-state index contributed by atoms with van der Waals surface area (Å²) in [5.41, 5.74) is 1.44. The van der Waals surface area contributed by atoms with Crippen molar-refractivity contribution in [3.8, 4) is 6.07 Å². The summed E-state index contributed by atoms with van der Waals surface area (Å²) in [6, 6.07) is 6.45. The number of rotatable bonds is 1. The Morgan fingerprint density at radius 2 is 2.36 bits per heavy atom. The van der Waals surface area contributed by atoms with Gasteiger partial charge in [0.1, 0.15) is 11.6 Å². The van der Waals surface area contributed by atoms with Crippen LogP contribution in [0.3, 0.4) is 0 Å². The van der Waals surface area contributed by atoms with Crippen LogP contribution in [0.1, 0.15) is 5.82 Å². The smallest absolute Gasteiger partial charge is 0.125 e. The standard InChI is InChI=1S/C10H8FN3/c1-14-9-3-2-7(11)6-8(9)13-10(14)4-5-12/h2-3,6H,4H2,1H3. The van der Waals surface area contributed by atoms with E-state index in [2.05, 4.69) is 4.98 Å². The van der Waals surface area contributed by atoms with Crippen molar-refractivity contribution in [3.63, 3.8) is 0 Å². The molecule has 70 valence electrons. The van der Waals surface area contributed by atoms with Gasteiger partial charge >= 0.3 is 0 Å². The molecule has 2 aromatic rings. The third-order valence-corrected chi connectivity index (χ3v) is 2.17. The monoisotopic (exact) mass is 189 g/mol. The zero-order chi connectivity index (χ0) is 10.1. The summed E-state index contributed by atoms with van der Waals surface area (Å²) >= 11 is 0. The van der Waals surface area contributed by atoms with Crippen LogP contribution in [-0.2, 0) is 13.5 Å². The first-order chi connectivity index (χ1) is 6.72. The number of fused-ring (bicyclic) bond motifs is 1. The number of benzene rings is 1. The third-order valence-electron chi connectivity index (χ3n) is 2.17. The van der Waals surface area contributed by atoms with E-state index in [0.29, 0.717) is 11.3 Å². The van der Waals surface area contributed by atoms with Gasteiger partial charge in [0.2, 0.25) is 0 Å². The van der Waals surface area contributed by atoms with Crippen LogP contribution in [0.2, 0.25) is 0 Å². The van der Waals surface area contributed by atoms with Crippen molar-refractivity contribution < 1.29 is 4.39 Å². The van der Waals surface area contributed by atoms with Crippen molar-refractivity contribution in [3.05, 3.63) is 29.8 Å². The first-order valence-corrected chi connectivity index (χ1v) is 4.20. The fourth-order valence-electron chi connectivity index (χ4n) is 1.45. The third kappa shape index (κ3) is 1.23. The quantitative estimate of drug-likeness (QED) is 0.686. The second-order valence-corrected chi connectivity index (χ2v) is 3.05. The lowest BCUT2D eigenvalue weighted by Crippen LogP contribution is -1.95. The van der Waals surface area contributed by atoms with E-state index in [1.165, 1.54) is 12.1 Å². The van der Waals surface area contributed by atoms with Crippen LogP contribution in [0.15, 0.2) is 18.2 Å². The normalized spacial score (nSPS) is 10.4. The summed E-state index contributed by atoms with van der Waals surface area (Å²) in [5, 5.41) is 8.55. The summed E-state index contributed by atoms with van der Waals surface area (Å²) in [5.74, 6) is 0.354. The van der Waals surface area contributed by atoms with Crippen molar-refractivity contribution >= 4 is 11.0 Å². The highest BCUT2D eigenvalue weighted by molar-refractivity contribution is 5.76. The van der Waals surface area contributed by atoms with E-state index in [1.807, 2.05) is 13.1 Å². The Morgan fingerprint density at radius 3 is 3.07 bits per heavy atom. The van der Waals surface area contributed by atoms with Gasteiger partial charge in [0.05, 0.1) is 23.5 Å². The predicted octanol–water partition coefficient (Wildman–Crippen LogP) is 1.78. The summed E-state index contributed by atoms with van der Waals surface area (Å²) in [6.45, 7) is 0. The molecule has 0 bridgehead atoms. The van der Waals surface area contributed by atoms with Crippen molar-refractivity contribution in [2.45, 2.75) is 6.42 Å². The maximum absolute atomic E-state index is 12.8. The summed E-state index contributed by atoms with van der Waals surface area (Å²) < 4.78 is 14.7. The molecule has 0 amide bonds. The van der Waals surface area contributed by atoms with Gasteiger partial charge in [-0.2, -0.15) is 5.26 Å². The SMILES string of the molecule is Cn1c(CC#N)nc2cc(F)ccc21. The topological polar surface area (TPSA) is 41.6 Å². The zero-order valence-corrected chi connectivity index (χ0v) is 7.66. The Hall–Kier alpha value is -1.89. The van der Waals surface area contributed by atoms with E-state index < -0.39 is 0 Å². The summed E-state index contributed by atoms with van der Waals surface area (Å²) in [6.07, 6.45) is 0.243. The fraction of sp³-hybridized carbons (Fsp3) is 0.200. The van der Waals surface area contributed by atoms with Gasteiger partial charge in [-0.3, -0.25) is 0 Å². The van der Waals surface area contributed by atoms with Crippen LogP contribution in [0.5, 0.6) is 0 Å². The van der Waals surface area contributed by atoms with Crippen LogP contribution >= 0.6 is 0 Å². The molecule has 0 radical (unpaired) electrons. The van der Waals surface area contributed by atoms with Crippen molar-refractivity contribution in [2.24, 2.45) is 7.05 Å². The lowest BCUT2D eigenvalue weighted by atomic mass is 10.3. The molecule has 1 heterocycles. The molecule has 0 fully saturated rings. The van der Waals surface area contributed by atoms with E-state index in [0.717, 1.165) is 5.52 Å². The minimum Gasteiger partial charge on any atom is -0.330 e. The average molecular weight is 189 g/mol. The molecule has 0 saturated carbocycles. The second-order valence-electron chi connectivity index (χ2n) is 3.05. The zero-order valence-electron chi connectivity index (χ0n) is 7.66. The minimum absolute atomic E-state index is 0.243. The van der Waals surface area contributed by atoms with Gasteiger partial charge in [0.15, 0.2) is 0 Å². The van der Waals surface area contributed by atoms with E-state index in [-0.39, 0.29) is 12.2 Å². The molecular weight excluding hydrogens is 181 g/mol. The molecule has 0 aliphatic rings. The highest BCUT2D eigenvalue weighted by Crippen LogP contribution is 2.16. The van der Waals surface area contributed by atoms with Gasteiger partial charge in [-0.05, 0) is 12.1 Å². The van der Waals surface area contributed by atoms with E-state index in [1.54, 1.807) is 10.6 Å². The molecule has 3 nitrogen and oxygen atoms in total. The number of imidazole rings is 1. The molecule has 1 aromatic carbocycles. The molecule has 14 heavy (non-hydrogen) atoms. The molecule has 0 aliphatic heterocycles. The number of aryl methyl sites for hydroxylation is 1.